The van der Waals surface area contributed by atoms with Crippen molar-refractivity contribution in [1.29, 1.82) is 0 Å². The van der Waals surface area contributed by atoms with Gasteiger partial charge in [-0.2, -0.15) is 4.31 Å². The van der Waals surface area contributed by atoms with Crippen LogP contribution >= 0.6 is 15.9 Å². The van der Waals surface area contributed by atoms with Crippen LogP contribution in [0.1, 0.15) is 19.8 Å². The molecule has 1 aromatic rings. The molecule has 6 nitrogen and oxygen atoms in total. The number of piperidine rings is 1. The summed E-state index contributed by atoms with van der Waals surface area (Å²) in [6.07, 6.45) is 0.924. The van der Waals surface area contributed by atoms with Crippen molar-refractivity contribution in [3.63, 3.8) is 0 Å². The third-order valence-electron chi connectivity index (χ3n) is 3.81. The molecule has 1 saturated heterocycles. The van der Waals surface area contributed by atoms with E-state index in [0.29, 0.717) is 42.8 Å². The fraction of sp³-hybridized carbons (Fsp3) is 0.533. The molecule has 1 aliphatic rings. The van der Waals surface area contributed by atoms with Gasteiger partial charge in [-0.05, 0) is 38.0 Å². The van der Waals surface area contributed by atoms with E-state index >= 15 is 0 Å². The van der Waals surface area contributed by atoms with Gasteiger partial charge in [0.1, 0.15) is 10.6 Å². The van der Waals surface area contributed by atoms with Gasteiger partial charge in [0.15, 0.2) is 0 Å². The summed E-state index contributed by atoms with van der Waals surface area (Å²) in [7, 11) is -2.32. The summed E-state index contributed by atoms with van der Waals surface area (Å²) in [5.41, 5.74) is 0. The molecule has 0 N–H and O–H groups in total. The van der Waals surface area contributed by atoms with E-state index in [2.05, 4.69) is 15.9 Å². The number of sulfonamides is 1. The Balaban J connectivity index is 2.23. The zero-order chi connectivity index (χ0) is 17.0. The van der Waals surface area contributed by atoms with Crippen LogP contribution in [0.2, 0.25) is 0 Å². The molecule has 23 heavy (non-hydrogen) atoms. The van der Waals surface area contributed by atoms with E-state index in [1.165, 1.54) is 11.4 Å². The smallest absolute Gasteiger partial charge is 0.308 e. The van der Waals surface area contributed by atoms with E-state index in [4.69, 9.17) is 9.47 Å². The number of methoxy groups -OCH3 is 1. The highest BCUT2D eigenvalue weighted by molar-refractivity contribution is 9.10. The molecular formula is C15H20BrNO5S. The number of halogens is 1. The summed E-state index contributed by atoms with van der Waals surface area (Å²) >= 11 is 3.30. The second-order valence-corrected chi connectivity index (χ2v) is 8.05. The lowest BCUT2D eigenvalue weighted by atomic mass is 9.99. The third kappa shape index (κ3) is 4.05. The molecule has 0 saturated carbocycles. The molecule has 1 aliphatic heterocycles. The quantitative estimate of drug-likeness (QED) is 0.703. The van der Waals surface area contributed by atoms with Crippen LogP contribution in [0.4, 0.5) is 0 Å². The van der Waals surface area contributed by atoms with Crippen molar-refractivity contribution in [2.45, 2.75) is 24.7 Å². The maximum Gasteiger partial charge on any atom is 0.308 e. The average molecular weight is 406 g/mol. The minimum atomic E-state index is -3.67. The lowest BCUT2D eigenvalue weighted by Gasteiger charge is -2.30. The van der Waals surface area contributed by atoms with Crippen LogP contribution < -0.4 is 4.74 Å². The van der Waals surface area contributed by atoms with Gasteiger partial charge < -0.3 is 9.47 Å². The standard InChI is InChI=1S/C15H20BrNO5S/c1-3-22-13-5-4-12(16)10-14(13)23(19,20)17-8-6-11(7-9-17)15(18)21-2/h4-5,10-11H,3,6-9H2,1-2H3. The molecule has 2 rings (SSSR count). The largest absolute Gasteiger partial charge is 0.492 e. The predicted octanol–water partition coefficient (Wildman–Crippen LogP) is 2.42. The highest BCUT2D eigenvalue weighted by atomic mass is 79.9. The van der Waals surface area contributed by atoms with Crippen molar-refractivity contribution in [3.05, 3.63) is 22.7 Å². The molecule has 1 aromatic carbocycles. The molecule has 0 bridgehead atoms. The summed E-state index contributed by atoms with van der Waals surface area (Å²) < 4.78 is 38.0. The molecule has 1 fully saturated rings. The number of esters is 1. The zero-order valence-corrected chi connectivity index (χ0v) is 15.5. The first-order valence-corrected chi connectivity index (χ1v) is 9.63. The lowest BCUT2D eigenvalue weighted by molar-refractivity contribution is -0.146. The zero-order valence-electron chi connectivity index (χ0n) is 13.1. The van der Waals surface area contributed by atoms with Gasteiger partial charge in [-0.1, -0.05) is 15.9 Å². The average Bonchev–Trinajstić information content (AvgIpc) is 2.56. The van der Waals surface area contributed by atoms with Gasteiger partial charge in [-0.15, -0.1) is 0 Å². The van der Waals surface area contributed by atoms with Crippen molar-refractivity contribution in [2.75, 3.05) is 26.8 Å². The lowest BCUT2D eigenvalue weighted by Crippen LogP contribution is -2.40. The molecule has 8 heteroatoms. The van der Waals surface area contributed by atoms with E-state index in [0.717, 1.165) is 0 Å². The number of nitrogens with zero attached hydrogens (tertiary/aromatic N) is 1. The Morgan fingerprint density at radius 2 is 2.00 bits per heavy atom. The molecule has 128 valence electrons. The number of ether oxygens (including phenoxy) is 2. The van der Waals surface area contributed by atoms with Gasteiger partial charge >= 0.3 is 5.97 Å². The predicted molar refractivity (Wildman–Crippen MR) is 88.8 cm³/mol. The fourth-order valence-corrected chi connectivity index (χ4v) is 4.74. The van der Waals surface area contributed by atoms with Crippen molar-refractivity contribution < 1.29 is 22.7 Å². The highest BCUT2D eigenvalue weighted by Crippen LogP contribution is 2.32. The number of carbonyl (C=O) groups is 1. The summed E-state index contributed by atoms with van der Waals surface area (Å²) in [4.78, 5) is 11.7. The van der Waals surface area contributed by atoms with E-state index in [1.807, 2.05) is 0 Å². The van der Waals surface area contributed by atoms with Crippen LogP contribution in [0.15, 0.2) is 27.6 Å². The number of benzene rings is 1. The number of carbonyl (C=O) groups excluding carboxylic acids is 1. The van der Waals surface area contributed by atoms with Gasteiger partial charge in [0.2, 0.25) is 10.0 Å². The first kappa shape index (κ1) is 18.2. The number of hydrogen-bond donors (Lipinski definition) is 0. The van der Waals surface area contributed by atoms with Crippen LogP contribution in [0.3, 0.4) is 0 Å². The minimum absolute atomic E-state index is 0.144. The van der Waals surface area contributed by atoms with Crippen LogP contribution in [0.25, 0.3) is 0 Å². The van der Waals surface area contributed by atoms with Crippen molar-refractivity contribution in [3.8, 4) is 5.75 Å². The van der Waals surface area contributed by atoms with Crippen molar-refractivity contribution in [2.24, 2.45) is 5.92 Å². The second kappa shape index (κ2) is 7.63. The topological polar surface area (TPSA) is 72.9 Å². The Bertz CT molecular complexity index is 668. The highest BCUT2D eigenvalue weighted by Gasteiger charge is 2.34. The van der Waals surface area contributed by atoms with Crippen molar-refractivity contribution in [1.82, 2.24) is 4.31 Å². The summed E-state index contributed by atoms with van der Waals surface area (Å²) in [5.74, 6) is -0.175. The Morgan fingerprint density at radius 1 is 1.35 bits per heavy atom. The molecule has 0 spiro atoms. The Kier molecular flexibility index (Phi) is 6.05. The monoisotopic (exact) mass is 405 g/mol. The van der Waals surface area contributed by atoms with E-state index in [1.54, 1.807) is 25.1 Å². The van der Waals surface area contributed by atoms with Crippen LogP contribution in [0, 0.1) is 5.92 Å². The molecular weight excluding hydrogens is 386 g/mol. The van der Waals surface area contributed by atoms with Gasteiger partial charge in [-0.25, -0.2) is 8.42 Å². The van der Waals surface area contributed by atoms with Crippen molar-refractivity contribution >= 4 is 31.9 Å². The van der Waals surface area contributed by atoms with Crippen LogP contribution in [0.5, 0.6) is 5.75 Å². The Hall–Kier alpha value is -1.12. The minimum Gasteiger partial charge on any atom is -0.492 e. The van der Waals surface area contributed by atoms with Crippen LogP contribution in [-0.4, -0.2) is 45.5 Å². The maximum absolute atomic E-state index is 12.9. The number of hydrogen-bond acceptors (Lipinski definition) is 5. The van der Waals surface area contributed by atoms with E-state index in [-0.39, 0.29) is 16.8 Å². The van der Waals surface area contributed by atoms with E-state index < -0.39 is 10.0 Å². The van der Waals surface area contributed by atoms with Gasteiger partial charge in [0, 0.05) is 17.6 Å². The number of rotatable bonds is 5. The van der Waals surface area contributed by atoms with Crippen LogP contribution in [-0.2, 0) is 19.6 Å². The maximum atomic E-state index is 12.9. The normalized spacial score (nSPS) is 17.0. The molecule has 0 atom stereocenters. The third-order valence-corrected chi connectivity index (χ3v) is 6.22. The first-order valence-electron chi connectivity index (χ1n) is 7.40. The molecule has 0 aromatic heterocycles. The van der Waals surface area contributed by atoms with Gasteiger partial charge in [0.25, 0.3) is 0 Å². The SMILES string of the molecule is CCOc1ccc(Br)cc1S(=O)(=O)N1CCC(C(=O)OC)CC1. The summed E-state index contributed by atoms with van der Waals surface area (Å²) in [6.45, 7) is 2.77. The van der Waals surface area contributed by atoms with Gasteiger partial charge in [0.05, 0.1) is 19.6 Å². The Morgan fingerprint density at radius 3 is 2.57 bits per heavy atom. The first-order chi connectivity index (χ1) is 10.9. The fourth-order valence-electron chi connectivity index (χ4n) is 2.60. The Labute approximate surface area is 144 Å². The summed E-state index contributed by atoms with van der Waals surface area (Å²) in [6, 6.07) is 4.93. The molecule has 0 aliphatic carbocycles. The molecule has 0 radical (unpaired) electrons. The second-order valence-electron chi connectivity index (χ2n) is 5.23. The molecule has 0 unspecified atom stereocenters. The van der Waals surface area contributed by atoms with Gasteiger partial charge in [-0.3, -0.25) is 4.79 Å². The van der Waals surface area contributed by atoms with E-state index in [9.17, 15) is 13.2 Å². The summed E-state index contributed by atoms with van der Waals surface area (Å²) in [5, 5.41) is 0. The molecule has 1 heterocycles. The molecule has 0 amide bonds.